The number of para-hydroxylation sites is 1. The van der Waals surface area contributed by atoms with Crippen LogP contribution in [-0.4, -0.2) is 21.0 Å². The molecule has 0 radical (unpaired) electrons. The smallest absolute Gasteiger partial charge is 0.152 e. The minimum atomic E-state index is 0.689. The van der Waals surface area contributed by atoms with Crippen molar-refractivity contribution in [3.8, 4) is 0 Å². The summed E-state index contributed by atoms with van der Waals surface area (Å²) in [4.78, 5) is 1.24. The molecule has 1 aromatic carbocycles. The van der Waals surface area contributed by atoms with Gasteiger partial charge in [-0.2, -0.15) is 0 Å². The molecule has 0 saturated carbocycles. The summed E-state index contributed by atoms with van der Waals surface area (Å²) in [6, 6.07) is 8.26. The monoisotopic (exact) mass is 248 g/mol. The maximum absolute atomic E-state index is 4.13. The van der Waals surface area contributed by atoms with Crippen molar-refractivity contribution in [3.05, 3.63) is 35.9 Å². The number of hydrogen-bond donors (Lipinski definition) is 1. The van der Waals surface area contributed by atoms with E-state index < -0.39 is 0 Å². The van der Waals surface area contributed by atoms with E-state index in [1.807, 2.05) is 30.7 Å². The lowest BCUT2D eigenvalue weighted by atomic mass is 10.3. The van der Waals surface area contributed by atoms with E-state index >= 15 is 0 Å². The molecule has 0 spiro atoms. The zero-order valence-electron chi connectivity index (χ0n) is 10.3. The third-order valence-electron chi connectivity index (χ3n) is 2.73. The maximum atomic E-state index is 4.13. The quantitative estimate of drug-likeness (QED) is 0.844. The minimum Gasteiger partial charge on any atom is -0.377 e. The van der Waals surface area contributed by atoms with E-state index in [-0.39, 0.29) is 0 Å². The first-order valence-corrected chi connectivity index (χ1v) is 6.66. The topological polar surface area (TPSA) is 42.7 Å². The predicted molar refractivity (Wildman–Crippen MR) is 71.3 cm³/mol. The number of hydrogen-bond acceptors (Lipinski definition) is 4. The summed E-state index contributed by atoms with van der Waals surface area (Å²) in [5, 5.41) is 11.6. The Hall–Kier alpha value is -1.49. The van der Waals surface area contributed by atoms with Gasteiger partial charge < -0.3 is 9.88 Å². The van der Waals surface area contributed by atoms with Crippen LogP contribution in [0.25, 0.3) is 0 Å². The summed E-state index contributed by atoms with van der Waals surface area (Å²) in [6.45, 7) is 2.64. The molecule has 17 heavy (non-hydrogen) atoms. The molecule has 0 amide bonds. The Morgan fingerprint density at radius 1 is 1.29 bits per heavy atom. The van der Waals surface area contributed by atoms with Gasteiger partial charge in [0.1, 0.15) is 5.82 Å². The highest BCUT2D eigenvalue weighted by Crippen LogP contribution is 2.24. The number of nitrogens with one attached hydrogen (secondary N) is 1. The molecule has 0 aliphatic carbocycles. The van der Waals surface area contributed by atoms with Crippen LogP contribution in [0.3, 0.4) is 0 Å². The van der Waals surface area contributed by atoms with Gasteiger partial charge in [0.15, 0.2) is 5.82 Å². The van der Waals surface area contributed by atoms with Gasteiger partial charge in [-0.3, -0.25) is 0 Å². The number of aryl methyl sites for hydroxylation is 1. The van der Waals surface area contributed by atoms with Crippen LogP contribution in [0, 0.1) is 6.92 Å². The van der Waals surface area contributed by atoms with Gasteiger partial charge in [-0.05, 0) is 25.3 Å². The predicted octanol–water partition coefficient (Wildman–Crippen LogP) is 2.46. The second-order valence-corrected chi connectivity index (χ2v) is 4.62. The van der Waals surface area contributed by atoms with Crippen molar-refractivity contribution in [2.75, 3.05) is 11.6 Å². The standard InChI is InChI=1S/C12H16N4S/c1-9-14-15-12(16(9)2)8-13-10-6-4-5-7-11(10)17-3/h4-7,13H,8H2,1-3H3. The highest BCUT2D eigenvalue weighted by molar-refractivity contribution is 7.98. The fourth-order valence-corrected chi connectivity index (χ4v) is 2.14. The van der Waals surface area contributed by atoms with Crippen LogP contribution in [0.1, 0.15) is 11.6 Å². The van der Waals surface area contributed by atoms with Crippen molar-refractivity contribution in [2.45, 2.75) is 18.4 Å². The molecule has 4 nitrogen and oxygen atoms in total. The molecule has 0 aliphatic rings. The molecule has 0 fully saturated rings. The largest absolute Gasteiger partial charge is 0.377 e. The summed E-state index contributed by atoms with van der Waals surface area (Å²) in [5.41, 5.74) is 1.14. The van der Waals surface area contributed by atoms with Crippen molar-refractivity contribution in [2.24, 2.45) is 7.05 Å². The zero-order chi connectivity index (χ0) is 12.3. The van der Waals surface area contributed by atoms with Crippen molar-refractivity contribution >= 4 is 17.4 Å². The SMILES string of the molecule is CSc1ccccc1NCc1nnc(C)n1C. The van der Waals surface area contributed by atoms with Gasteiger partial charge >= 0.3 is 0 Å². The molecule has 1 aromatic heterocycles. The zero-order valence-corrected chi connectivity index (χ0v) is 11.1. The van der Waals surface area contributed by atoms with Crippen molar-refractivity contribution < 1.29 is 0 Å². The highest BCUT2D eigenvalue weighted by Gasteiger charge is 2.05. The summed E-state index contributed by atoms with van der Waals surface area (Å²) >= 11 is 1.73. The van der Waals surface area contributed by atoms with E-state index in [0.717, 1.165) is 17.3 Å². The number of nitrogens with zero attached hydrogens (tertiary/aromatic N) is 3. The van der Waals surface area contributed by atoms with E-state index in [1.54, 1.807) is 11.8 Å². The van der Waals surface area contributed by atoms with Crippen LogP contribution in [0.5, 0.6) is 0 Å². The minimum absolute atomic E-state index is 0.689. The molecule has 90 valence electrons. The van der Waals surface area contributed by atoms with Gasteiger partial charge in [0.25, 0.3) is 0 Å². The average Bonchev–Trinajstić information content (AvgIpc) is 2.68. The lowest BCUT2D eigenvalue weighted by molar-refractivity contribution is 0.788. The van der Waals surface area contributed by atoms with Crippen LogP contribution in [0.15, 0.2) is 29.2 Å². The molecular weight excluding hydrogens is 232 g/mol. The molecule has 0 atom stereocenters. The molecule has 0 aliphatic heterocycles. The van der Waals surface area contributed by atoms with E-state index in [0.29, 0.717) is 6.54 Å². The molecular formula is C12H16N4S. The van der Waals surface area contributed by atoms with Crippen molar-refractivity contribution in [3.63, 3.8) is 0 Å². The summed E-state index contributed by atoms with van der Waals surface area (Å²) in [6.07, 6.45) is 2.08. The second-order valence-electron chi connectivity index (χ2n) is 3.78. The van der Waals surface area contributed by atoms with Gasteiger partial charge in [0.2, 0.25) is 0 Å². The van der Waals surface area contributed by atoms with E-state index in [9.17, 15) is 0 Å². The molecule has 2 rings (SSSR count). The van der Waals surface area contributed by atoms with E-state index in [2.05, 4.69) is 33.9 Å². The number of rotatable bonds is 4. The van der Waals surface area contributed by atoms with Crippen LogP contribution < -0.4 is 5.32 Å². The van der Waals surface area contributed by atoms with Crippen molar-refractivity contribution in [1.82, 2.24) is 14.8 Å². The van der Waals surface area contributed by atoms with Gasteiger partial charge in [-0.15, -0.1) is 22.0 Å². The number of thioether (sulfide) groups is 1. The van der Waals surface area contributed by atoms with Crippen LogP contribution >= 0.6 is 11.8 Å². The van der Waals surface area contributed by atoms with Crippen molar-refractivity contribution in [1.29, 1.82) is 0 Å². The number of aromatic nitrogens is 3. The Bertz CT molecular complexity index is 507. The van der Waals surface area contributed by atoms with Crippen LogP contribution in [0.2, 0.25) is 0 Å². The molecule has 0 bridgehead atoms. The Morgan fingerprint density at radius 2 is 2.06 bits per heavy atom. The fraction of sp³-hybridized carbons (Fsp3) is 0.333. The third kappa shape index (κ3) is 2.61. The molecule has 0 saturated heterocycles. The first kappa shape index (κ1) is 12.0. The number of benzene rings is 1. The first-order chi connectivity index (χ1) is 8.22. The van der Waals surface area contributed by atoms with Gasteiger partial charge in [-0.25, -0.2) is 0 Å². The average molecular weight is 248 g/mol. The highest BCUT2D eigenvalue weighted by atomic mass is 32.2. The first-order valence-electron chi connectivity index (χ1n) is 5.44. The third-order valence-corrected chi connectivity index (χ3v) is 3.52. The van der Waals surface area contributed by atoms with Crippen LogP contribution in [-0.2, 0) is 13.6 Å². The van der Waals surface area contributed by atoms with Gasteiger partial charge in [0, 0.05) is 17.6 Å². The summed E-state index contributed by atoms with van der Waals surface area (Å²) in [7, 11) is 1.98. The van der Waals surface area contributed by atoms with Gasteiger partial charge in [-0.1, -0.05) is 12.1 Å². The molecule has 1 N–H and O–H groups in total. The summed E-state index contributed by atoms with van der Waals surface area (Å²) in [5.74, 6) is 1.87. The molecule has 5 heteroatoms. The lowest BCUT2D eigenvalue weighted by Crippen LogP contribution is -2.07. The summed E-state index contributed by atoms with van der Waals surface area (Å²) < 4.78 is 1.99. The maximum Gasteiger partial charge on any atom is 0.152 e. The molecule has 1 heterocycles. The van der Waals surface area contributed by atoms with Gasteiger partial charge in [0.05, 0.1) is 6.54 Å². The van der Waals surface area contributed by atoms with Crippen LogP contribution in [0.4, 0.5) is 5.69 Å². The van der Waals surface area contributed by atoms with E-state index in [1.165, 1.54) is 4.90 Å². The second kappa shape index (κ2) is 5.23. The Kier molecular flexibility index (Phi) is 3.68. The van der Waals surface area contributed by atoms with E-state index in [4.69, 9.17) is 0 Å². The normalized spacial score (nSPS) is 10.5. The fourth-order valence-electron chi connectivity index (χ4n) is 1.57. The Morgan fingerprint density at radius 3 is 2.71 bits per heavy atom. The Labute approximate surface area is 105 Å². The number of anilines is 1. The molecule has 2 aromatic rings. The Balaban J connectivity index is 2.10. The lowest BCUT2D eigenvalue weighted by Gasteiger charge is -2.09. The molecule has 0 unspecified atom stereocenters.